The van der Waals surface area contributed by atoms with Crippen LogP contribution in [0.2, 0.25) is 0 Å². The van der Waals surface area contributed by atoms with Crippen molar-refractivity contribution in [2.75, 3.05) is 46.3 Å². The molecular formula is C30H39ClF3N5O2. The number of halogens is 4. The van der Waals surface area contributed by atoms with Gasteiger partial charge in [-0.15, -0.1) is 12.4 Å². The van der Waals surface area contributed by atoms with Crippen LogP contribution in [-0.4, -0.2) is 82.6 Å². The van der Waals surface area contributed by atoms with Crippen LogP contribution >= 0.6 is 12.4 Å². The molecule has 224 valence electrons. The molecule has 2 amide bonds. The zero-order chi connectivity index (χ0) is 28.0. The molecule has 0 spiro atoms. The van der Waals surface area contributed by atoms with Gasteiger partial charge in [-0.3, -0.25) is 14.3 Å². The fourth-order valence-electron chi connectivity index (χ4n) is 6.92. The Balaban J connectivity index is 0.00000337. The quantitative estimate of drug-likeness (QED) is 0.470. The summed E-state index contributed by atoms with van der Waals surface area (Å²) in [5.74, 6) is 0.226. The summed E-state index contributed by atoms with van der Waals surface area (Å²) in [7, 11) is 2.10. The van der Waals surface area contributed by atoms with Gasteiger partial charge in [0.25, 0.3) is 5.91 Å². The van der Waals surface area contributed by atoms with Crippen molar-refractivity contribution in [1.82, 2.24) is 24.5 Å². The second kappa shape index (κ2) is 12.0. The molecule has 41 heavy (non-hydrogen) atoms. The van der Waals surface area contributed by atoms with E-state index in [4.69, 9.17) is 5.10 Å². The van der Waals surface area contributed by atoms with Gasteiger partial charge in [-0.2, -0.15) is 18.3 Å². The molecule has 3 aliphatic heterocycles. The second-order valence-corrected chi connectivity index (χ2v) is 12.1. The highest BCUT2D eigenvalue weighted by Crippen LogP contribution is 2.44. The molecule has 4 fully saturated rings. The van der Waals surface area contributed by atoms with Gasteiger partial charge in [-0.1, -0.05) is 18.2 Å². The lowest BCUT2D eigenvalue weighted by Crippen LogP contribution is -2.45. The van der Waals surface area contributed by atoms with Crippen molar-refractivity contribution in [3.05, 3.63) is 52.8 Å². The molecule has 1 atom stereocenters. The summed E-state index contributed by atoms with van der Waals surface area (Å²) < 4.78 is 42.9. The van der Waals surface area contributed by atoms with E-state index in [0.717, 1.165) is 63.4 Å². The molecule has 3 saturated heterocycles. The molecule has 0 unspecified atom stereocenters. The number of aromatic nitrogens is 2. The maximum absolute atomic E-state index is 13.7. The lowest BCUT2D eigenvalue weighted by atomic mass is 9.93. The van der Waals surface area contributed by atoms with Crippen molar-refractivity contribution in [3.63, 3.8) is 0 Å². The number of amides is 2. The monoisotopic (exact) mass is 593 g/mol. The van der Waals surface area contributed by atoms with Crippen LogP contribution in [0.25, 0.3) is 0 Å². The molecular weight excluding hydrogens is 555 g/mol. The summed E-state index contributed by atoms with van der Waals surface area (Å²) >= 11 is 0. The number of likely N-dealkylation sites (tertiary alicyclic amines) is 3. The van der Waals surface area contributed by atoms with Crippen molar-refractivity contribution in [2.45, 2.75) is 69.0 Å². The van der Waals surface area contributed by atoms with Gasteiger partial charge in [-0.05, 0) is 76.7 Å². The number of benzene rings is 1. The number of nitrogens with zero attached hydrogens (tertiary/aromatic N) is 5. The number of carbonyl (C=O) groups excluding carboxylic acids is 2. The molecule has 4 aliphatic rings. The summed E-state index contributed by atoms with van der Waals surface area (Å²) in [6.45, 7) is 4.05. The topological polar surface area (TPSA) is 61.7 Å². The first-order valence-corrected chi connectivity index (χ1v) is 14.7. The van der Waals surface area contributed by atoms with Crippen molar-refractivity contribution in [1.29, 1.82) is 0 Å². The minimum absolute atomic E-state index is 0. The summed E-state index contributed by atoms with van der Waals surface area (Å²) in [5.41, 5.74) is 1.23. The fourth-order valence-corrected chi connectivity index (χ4v) is 6.92. The molecule has 2 aromatic rings. The van der Waals surface area contributed by atoms with Gasteiger partial charge in [0.05, 0.1) is 29.1 Å². The Morgan fingerprint density at radius 1 is 0.854 bits per heavy atom. The zero-order valence-corrected chi connectivity index (χ0v) is 24.3. The summed E-state index contributed by atoms with van der Waals surface area (Å²) in [6.07, 6.45) is 3.26. The summed E-state index contributed by atoms with van der Waals surface area (Å²) in [6, 6.07) is 5.86. The normalized spacial score (nSPS) is 23.1. The molecule has 4 heterocycles. The standard InChI is InChI=1S/C30H38F3N5O2.ClH/c1-35-13-8-21(9-14-35)28(39)36-16-11-23(12-17-36)38-27(20-6-7-20)25(18-34-38)29(40)37-15-10-22(19-37)24-4-2-3-5-26(24)30(31,32)33;/h2-5,18,20-23H,6-17,19H2,1H3;1H/t22-;/m1./s1. The Morgan fingerprint density at radius 2 is 1.51 bits per heavy atom. The number of hydrogen-bond acceptors (Lipinski definition) is 4. The molecule has 0 radical (unpaired) electrons. The molecule has 11 heteroatoms. The van der Waals surface area contributed by atoms with E-state index in [-0.39, 0.29) is 54.2 Å². The number of rotatable bonds is 5. The molecule has 1 aromatic heterocycles. The van der Waals surface area contributed by atoms with Crippen LogP contribution in [-0.2, 0) is 11.0 Å². The maximum Gasteiger partial charge on any atom is 0.416 e. The average molecular weight is 594 g/mol. The highest BCUT2D eigenvalue weighted by atomic mass is 35.5. The second-order valence-electron chi connectivity index (χ2n) is 12.1. The number of piperidine rings is 2. The smallest absolute Gasteiger partial charge is 0.342 e. The Hall–Kier alpha value is -2.59. The van der Waals surface area contributed by atoms with Crippen molar-refractivity contribution >= 4 is 24.2 Å². The minimum Gasteiger partial charge on any atom is -0.342 e. The molecule has 1 aromatic carbocycles. The highest BCUT2D eigenvalue weighted by Gasteiger charge is 2.40. The maximum atomic E-state index is 13.7. The minimum atomic E-state index is -4.42. The van der Waals surface area contributed by atoms with Gasteiger partial charge < -0.3 is 14.7 Å². The Kier molecular flexibility index (Phi) is 8.71. The van der Waals surface area contributed by atoms with E-state index in [0.29, 0.717) is 37.5 Å². The van der Waals surface area contributed by atoms with Crippen LogP contribution < -0.4 is 0 Å². The van der Waals surface area contributed by atoms with Crippen LogP contribution in [0.5, 0.6) is 0 Å². The Bertz CT molecular complexity index is 1250. The third kappa shape index (κ3) is 6.14. The first-order chi connectivity index (χ1) is 19.2. The fraction of sp³-hybridized carbons (Fsp3) is 0.633. The predicted molar refractivity (Wildman–Crippen MR) is 151 cm³/mol. The molecule has 6 rings (SSSR count). The zero-order valence-electron chi connectivity index (χ0n) is 23.5. The van der Waals surface area contributed by atoms with Gasteiger partial charge in [-0.25, -0.2) is 0 Å². The van der Waals surface area contributed by atoms with Crippen LogP contribution in [0, 0.1) is 5.92 Å². The Labute approximate surface area is 245 Å². The molecule has 1 aliphatic carbocycles. The third-order valence-electron chi connectivity index (χ3n) is 9.40. The summed E-state index contributed by atoms with van der Waals surface area (Å²) in [4.78, 5) is 32.8. The van der Waals surface area contributed by atoms with E-state index in [1.54, 1.807) is 23.2 Å². The van der Waals surface area contributed by atoms with E-state index in [9.17, 15) is 22.8 Å². The van der Waals surface area contributed by atoms with Gasteiger partial charge in [0.2, 0.25) is 5.91 Å². The van der Waals surface area contributed by atoms with Gasteiger partial charge in [0.1, 0.15) is 0 Å². The van der Waals surface area contributed by atoms with Crippen molar-refractivity contribution in [2.24, 2.45) is 5.92 Å². The van der Waals surface area contributed by atoms with E-state index >= 15 is 0 Å². The average Bonchev–Trinajstić information content (AvgIpc) is 3.50. The molecule has 0 N–H and O–H groups in total. The predicted octanol–water partition coefficient (Wildman–Crippen LogP) is 5.34. The van der Waals surface area contributed by atoms with Crippen LogP contribution in [0.3, 0.4) is 0 Å². The largest absolute Gasteiger partial charge is 0.416 e. The first-order valence-electron chi connectivity index (χ1n) is 14.7. The molecule has 0 bridgehead atoms. The van der Waals surface area contributed by atoms with Crippen LogP contribution in [0.1, 0.15) is 90.0 Å². The van der Waals surface area contributed by atoms with E-state index in [1.165, 1.54) is 6.07 Å². The van der Waals surface area contributed by atoms with Crippen molar-refractivity contribution < 1.29 is 22.8 Å². The van der Waals surface area contributed by atoms with Gasteiger partial charge in [0.15, 0.2) is 0 Å². The van der Waals surface area contributed by atoms with Crippen LogP contribution in [0.4, 0.5) is 13.2 Å². The molecule has 1 saturated carbocycles. The SMILES string of the molecule is CN1CCC(C(=O)N2CCC(n3ncc(C(=O)N4CC[C@@H](c5ccccc5C(F)(F)F)C4)c3C3CC3)CC2)CC1.Cl. The third-order valence-corrected chi connectivity index (χ3v) is 9.40. The lowest BCUT2D eigenvalue weighted by Gasteiger charge is -2.37. The van der Waals surface area contributed by atoms with Crippen LogP contribution in [0.15, 0.2) is 30.5 Å². The Morgan fingerprint density at radius 3 is 2.17 bits per heavy atom. The van der Waals surface area contributed by atoms with E-state index in [2.05, 4.69) is 11.9 Å². The van der Waals surface area contributed by atoms with Gasteiger partial charge in [0, 0.05) is 43.9 Å². The number of alkyl halides is 3. The first kappa shape index (κ1) is 29.9. The highest BCUT2D eigenvalue weighted by molar-refractivity contribution is 5.95. The van der Waals surface area contributed by atoms with E-state index < -0.39 is 11.7 Å². The number of hydrogen-bond donors (Lipinski definition) is 0. The lowest BCUT2D eigenvalue weighted by molar-refractivity contribution is -0.139. The van der Waals surface area contributed by atoms with E-state index in [1.807, 2.05) is 9.58 Å². The molecule has 7 nitrogen and oxygen atoms in total. The van der Waals surface area contributed by atoms with Gasteiger partial charge >= 0.3 is 6.18 Å². The number of carbonyl (C=O) groups is 2. The summed E-state index contributed by atoms with van der Waals surface area (Å²) in [5, 5.41) is 4.70. The van der Waals surface area contributed by atoms with Crippen molar-refractivity contribution in [3.8, 4) is 0 Å².